The molecule has 0 bridgehead atoms. The first-order valence-corrected chi connectivity index (χ1v) is 5.29. The Kier molecular flexibility index (Phi) is 4.09. The van der Waals surface area contributed by atoms with Gasteiger partial charge in [0.2, 0.25) is 0 Å². The van der Waals surface area contributed by atoms with E-state index >= 15 is 0 Å². The van der Waals surface area contributed by atoms with E-state index in [1.54, 1.807) is 19.9 Å². The summed E-state index contributed by atoms with van der Waals surface area (Å²) in [6, 6.07) is 3.65. The monoisotopic (exact) mass is 237 g/mol. The largest absolute Gasteiger partial charge is 0.507 e. The van der Waals surface area contributed by atoms with Crippen molar-refractivity contribution >= 4 is 11.9 Å². The number of carboxylic acids is 1. The zero-order valence-corrected chi connectivity index (χ0v) is 9.73. The smallest absolute Gasteiger partial charge is 0.326 e. The van der Waals surface area contributed by atoms with E-state index < -0.39 is 17.9 Å². The summed E-state index contributed by atoms with van der Waals surface area (Å²) in [7, 11) is 0. The molecule has 5 heteroatoms. The second-order valence-electron chi connectivity index (χ2n) is 3.79. The van der Waals surface area contributed by atoms with Crippen LogP contribution in [0.3, 0.4) is 0 Å². The van der Waals surface area contributed by atoms with Crippen molar-refractivity contribution in [2.24, 2.45) is 0 Å². The molecule has 17 heavy (non-hydrogen) atoms. The Balaban J connectivity index is 2.89. The maximum absolute atomic E-state index is 11.8. The lowest BCUT2D eigenvalue weighted by Gasteiger charge is -2.13. The van der Waals surface area contributed by atoms with Gasteiger partial charge in [0.05, 0.1) is 5.56 Å². The van der Waals surface area contributed by atoms with E-state index in [1.165, 1.54) is 12.1 Å². The third-order valence-electron chi connectivity index (χ3n) is 2.41. The SMILES string of the molecule is CCC(NC(=O)c1cc(C)ccc1O)C(=O)O. The third-order valence-corrected chi connectivity index (χ3v) is 2.41. The fourth-order valence-electron chi connectivity index (χ4n) is 1.41. The molecule has 0 aromatic heterocycles. The van der Waals surface area contributed by atoms with Crippen molar-refractivity contribution < 1.29 is 19.8 Å². The summed E-state index contributed by atoms with van der Waals surface area (Å²) in [6.07, 6.45) is 0.285. The van der Waals surface area contributed by atoms with Crippen LogP contribution < -0.4 is 5.32 Å². The number of carbonyl (C=O) groups is 2. The maximum Gasteiger partial charge on any atom is 0.326 e. The molecule has 92 valence electrons. The van der Waals surface area contributed by atoms with Crippen LogP contribution in [-0.2, 0) is 4.79 Å². The number of aryl methyl sites for hydroxylation is 1. The molecule has 0 aliphatic heterocycles. The molecular weight excluding hydrogens is 222 g/mol. The van der Waals surface area contributed by atoms with Crippen LogP contribution in [0.2, 0.25) is 0 Å². The van der Waals surface area contributed by atoms with Gasteiger partial charge in [0.25, 0.3) is 5.91 Å². The number of amides is 1. The van der Waals surface area contributed by atoms with Crippen molar-refractivity contribution in [2.45, 2.75) is 26.3 Å². The second-order valence-corrected chi connectivity index (χ2v) is 3.79. The number of rotatable bonds is 4. The van der Waals surface area contributed by atoms with Gasteiger partial charge in [-0.3, -0.25) is 4.79 Å². The highest BCUT2D eigenvalue weighted by Gasteiger charge is 2.20. The molecule has 0 spiro atoms. The molecule has 0 radical (unpaired) electrons. The third kappa shape index (κ3) is 3.21. The van der Waals surface area contributed by atoms with Crippen molar-refractivity contribution in [3.05, 3.63) is 29.3 Å². The predicted octanol–water partition coefficient (Wildman–Crippen LogP) is 1.29. The summed E-state index contributed by atoms with van der Waals surface area (Å²) in [6.45, 7) is 3.44. The Bertz CT molecular complexity index is 442. The van der Waals surface area contributed by atoms with E-state index in [-0.39, 0.29) is 17.7 Å². The van der Waals surface area contributed by atoms with Crippen LogP contribution in [0.15, 0.2) is 18.2 Å². The van der Waals surface area contributed by atoms with Crippen molar-refractivity contribution in [2.75, 3.05) is 0 Å². The average molecular weight is 237 g/mol. The number of carboxylic acid groups (broad SMARTS) is 1. The lowest BCUT2D eigenvalue weighted by molar-refractivity contribution is -0.139. The minimum absolute atomic E-state index is 0.0877. The molecule has 0 aliphatic carbocycles. The molecule has 0 heterocycles. The molecule has 0 fully saturated rings. The second kappa shape index (κ2) is 5.34. The number of nitrogens with one attached hydrogen (secondary N) is 1. The summed E-state index contributed by atoms with van der Waals surface area (Å²) in [5, 5.41) is 20.7. The first kappa shape index (κ1) is 13.0. The van der Waals surface area contributed by atoms with E-state index in [4.69, 9.17) is 5.11 Å². The van der Waals surface area contributed by atoms with Crippen molar-refractivity contribution in [3.63, 3.8) is 0 Å². The predicted molar refractivity (Wildman–Crippen MR) is 62.0 cm³/mol. The van der Waals surface area contributed by atoms with Crippen molar-refractivity contribution in [1.82, 2.24) is 5.32 Å². The Hall–Kier alpha value is -2.04. The molecule has 0 saturated heterocycles. The summed E-state index contributed by atoms with van der Waals surface area (Å²) >= 11 is 0. The van der Waals surface area contributed by atoms with Gasteiger partial charge in [-0.2, -0.15) is 0 Å². The van der Waals surface area contributed by atoms with Gasteiger partial charge in [-0.15, -0.1) is 0 Å². The van der Waals surface area contributed by atoms with E-state index in [1.807, 2.05) is 0 Å². The molecule has 0 saturated carbocycles. The zero-order chi connectivity index (χ0) is 13.0. The van der Waals surface area contributed by atoms with E-state index in [0.29, 0.717) is 0 Å². The maximum atomic E-state index is 11.8. The van der Waals surface area contributed by atoms with Gasteiger partial charge in [0, 0.05) is 0 Å². The fourth-order valence-corrected chi connectivity index (χ4v) is 1.41. The molecule has 1 amide bonds. The zero-order valence-electron chi connectivity index (χ0n) is 9.73. The summed E-state index contributed by atoms with van der Waals surface area (Å²) < 4.78 is 0. The lowest BCUT2D eigenvalue weighted by atomic mass is 10.1. The van der Waals surface area contributed by atoms with Crippen LogP contribution in [0.5, 0.6) is 5.75 Å². The van der Waals surface area contributed by atoms with Gasteiger partial charge < -0.3 is 15.5 Å². The number of benzene rings is 1. The van der Waals surface area contributed by atoms with E-state index in [9.17, 15) is 14.7 Å². The number of aromatic hydroxyl groups is 1. The van der Waals surface area contributed by atoms with Crippen molar-refractivity contribution in [1.29, 1.82) is 0 Å². The highest BCUT2D eigenvalue weighted by atomic mass is 16.4. The van der Waals surface area contributed by atoms with Crippen LogP contribution in [0, 0.1) is 6.92 Å². The normalized spacial score (nSPS) is 11.9. The van der Waals surface area contributed by atoms with Crippen LogP contribution in [0.25, 0.3) is 0 Å². The van der Waals surface area contributed by atoms with Crippen LogP contribution in [0.4, 0.5) is 0 Å². The van der Waals surface area contributed by atoms with Crippen LogP contribution >= 0.6 is 0 Å². The molecule has 5 nitrogen and oxygen atoms in total. The van der Waals surface area contributed by atoms with Gasteiger partial charge in [-0.25, -0.2) is 4.79 Å². The number of phenols is 1. The summed E-state index contributed by atoms with van der Waals surface area (Å²) in [5.74, 6) is -1.83. The van der Waals surface area contributed by atoms with Crippen LogP contribution in [0.1, 0.15) is 29.3 Å². The highest BCUT2D eigenvalue weighted by molar-refractivity contribution is 5.98. The molecule has 1 unspecified atom stereocenters. The Morgan fingerprint density at radius 3 is 2.59 bits per heavy atom. The number of phenolic OH excluding ortho intramolecular Hbond substituents is 1. The summed E-state index contributed by atoms with van der Waals surface area (Å²) in [4.78, 5) is 22.5. The Labute approximate surface area is 99.1 Å². The fraction of sp³-hybridized carbons (Fsp3) is 0.333. The minimum Gasteiger partial charge on any atom is -0.507 e. The number of aliphatic carboxylic acids is 1. The standard InChI is InChI=1S/C12H15NO4/c1-3-9(12(16)17)13-11(15)8-6-7(2)4-5-10(8)14/h4-6,9,14H,3H2,1-2H3,(H,13,15)(H,16,17). The molecule has 1 aromatic carbocycles. The Morgan fingerprint density at radius 2 is 2.06 bits per heavy atom. The molecular formula is C12H15NO4. The number of hydrogen-bond acceptors (Lipinski definition) is 3. The average Bonchev–Trinajstić information content (AvgIpc) is 2.28. The molecule has 0 aliphatic rings. The van der Waals surface area contributed by atoms with Gasteiger partial charge >= 0.3 is 5.97 Å². The first-order valence-electron chi connectivity index (χ1n) is 5.29. The molecule has 1 atom stereocenters. The minimum atomic E-state index is -1.09. The van der Waals surface area contributed by atoms with Gasteiger partial charge in [-0.05, 0) is 25.5 Å². The Morgan fingerprint density at radius 1 is 1.41 bits per heavy atom. The van der Waals surface area contributed by atoms with Crippen LogP contribution in [-0.4, -0.2) is 28.1 Å². The number of hydrogen-bond donors (Lipinski definition) is 3. The van der Waals surface area contributed by atoms with Crippen molar-refractivity contribution in [3.8, 4) is 5.75 Å². The van der Waals surface area contributed by atoms with Gasteiger partial charge in [-0.1, -0.05) is 18.6 Å². The first-order chi connectivity index (χ1) is 7.95. The molecule has 3 N–H and O–H groups in total. The lowest BCUT2D eigenvalue weighted by Crippen LogP contribution is -2.40. The topological polar surface area (TPSA) is 86.6 Å². The molecule has 1 rings (SSSR count). The number of carbonyl (C=O) groups excluding carboxylic acids is 1. The highest BCUT2D eigenvalue weighted by Crippen LogP contribution is 2.18. The quantitative estimate of drug-likeness (QED) is 0.736. The van der Waals surface area contributed by atoms with E-state index in [0.717, 1.165) is 5.56 Å². The summed E-state index contributed by atoms with van der Waals surface area (Å²) in [5.41, 5.74) is 0.904. The molecule has 1 aromatic rings. The van der Waals surface area contributed by atoms with E-state index in [2.05, 4.69) is 5.32 Å². The van der Waals surface area contributed by atoms with Gasteiger partial charge in [0.1, 0.15) is 11.8 Å². The van der Waals surface area contributed by atoms with Gasteiger partial charge in [0.15, 0.2) is 0 Å².